The number of anilines is 1. The van der Waals surface area contributed by atoms with E-state index in [9.17, 15) is 19.7 Å². The molecule has 0 unspecified atom stereocenters. The van der Waals surface area contributed by atoms with E-state index in [4.69, 9.17) is 16.3 Å². The highest BCUT2D eigenvalue weighted by Crippen LogP contribution is 2.55. The number of methoxy groups -OCH3 is 1. The lowest BCUT2D eigenvalue weighted by atomic mass is 9.79. The van der Waals surface area contributed by atoms with Crippen LogP contribution >= 0.6 is 23.4 Å². The Bertz CT molecular complexity index is 1200. The van der Waals surface area contributed by atoms with E-state index in [2.05, 4.69) is 0 Å². The maximum atomic E-state index is 14.1. The molecule has 1 aliphatic rings. The van der Waals surface area contributed by atoms with E-state index in [0.29, 0.717) is 27.6 Å². The molecule has 7 nitrogen and oxygen atoms in total. The van der Waals surface area contributed by atoms with E-state index in [0.717, 1.165) is 16.7 Å². The molecule has 168 valence electrons. The number of nitrogens with zero attached hydrogens (tertiary/aromatic N) is 2. The molecule has 3 aromatic carbocycles. The Morgan fingerprint density at radius 2 is 1.76 bits per heavy atom. The zero-order valence-electron chi connectivity index (χ0n) is 17.5. The number of carbonyl (C=O) groups is 2. The molecule has 1 fully saturated rings. The van der Waals surface area contributed by atoms with Crippen LogP contribution in [0.1, 0.15) is 17.0 Å². The lowest BCUT2D eigenvalue weighted by Crippen LogP contribution is -2.44. The highest BCUT2D eigenvalue weighted by atomic mass is 35.5. The van der Waals surface area contributed by atoms with Crippen LogP contribution in [0.3, 0.4) is 0 Å². The van der Waals surface area contributed by atoms with Crippen molar-refractivity contribution in [1.29, 1.82) is 0 Å². The Labute approximate surface area is 199 Å². The molecule has 1 aliphatic heterocycles. The van der Waals surface area contributed by atoms with Crippen molar-refractivity contribution >= 4 is 40.2 Å². The van der Waals surface area contributed by atoms with E-state index in [-0.39, 0.29) is 0 Å². The number of amides is 2. The van der Waals surface area contributed by atoms with E-state index in [1.807, 2.05) is 0 Å². The van der Waals surface area contributed by atoms with Gasteiger partial charge >= 0.3 is 0 Å². The Morgan fingerprint density at radius 3 is 2.36 bits per heavy atom. The van der Waals surface area contributed by atoms with Gasteiger partial charge in [-0.05, 0) is 59.3 Å². The molecule has 3 aromatic rings. The highest BCUT2D eigenvalue weighted by molar-refractivity contribution is 8.16. The van der Waals surface area contributed by atoms with Gasteiger partial charge in [-0.25, -0.2) is 4.90 Å². The minimum absolute atomic E-state index is 0.363. The monoisotopic (exact) mass is 482 g/mol. The fourth-order valence-electron chi connectivity index (χ4n) is 4.06. The van der Waals surface area contributed by atoms with E-state index in [1.165, 1.54) is 7.11 Å². The number of hydrogen-bond donors (Lipinski definition) is 0. The van der Waals surface area contributed by atoms with Crippen LogP contribution in [0.15, 0.2) is 78.9 Å². The average molecular weight is 483 g/mol. The van der Waals surface area contributed by atoms with Crippen molar-refractivity contribution in [3.8, 4) is 5.75 Å². The predicted molar refractivity (Wildman–Crippen MR) is 128 cm³/mol. The number of benzene rings is 3. The first-order valence-corrected chi connectivity index (χ1v) is 11.2. The van der Waals surface area contributed by atoms with Gasteiger partial charge in [-0.2, -0.15) is 0 Å². The summed E-state index contributed by atoms with van der Waals surface area (Å²) in [5, 5.41) is 11.6. The quantitative estimate of drug-likeness (QED) is 0.326. The number of thioether (sulfide) groups is 1. The van der Waals surface area contributed by atoms with Gasteiger partial charge in [0.05, 0.1) is 18.7 Å². The molecule has 1 saturated heterocycles. The summed E-state index contributed by atoms with van der Waals surface area (Å²) in [6.45, 7) is -0.558. The van der Waals surface area contributed by atoms with Gasteiger partial charge in [-0.1, -0.05) is 54.1 Å². The minimum atomic E-state index is -1.55. The number of hydrogen-bond acceptors (Lipinski definition) is 6. The second-order valence-electron chi connectivity index (χ2n) is 7.43. The van der Waals surface area contributed by atoms with E-state index < -0.39 is 33.3 Å². The summed E-state index contributed by atoms with van der Waals surface area (Å²) in [6.07, 6.45) is 0. The van der Waals surface area contributed by atoms with Crippen LogP contribution in [0.2, 0.25) is 5.02 Å². The van der Waals surface area contributed by atoms with Gasteiger partial charge in [-0.15, -0.1) is 0 Å². The normalized spacial score (nSPS) is 18.9. The summed E-state index contributed by atoms with van der Waals surface area (Å²) in [4.78, 5) is 39.7. The molecule has 4 rings (SSSR count). The number of imide groups is 1. The molecule has 1 heterocycles. The third-order valence-electron chi connectivity index (χ3n) is 5.56. The average Bonchev–Trinajstić information content (AvgIpc) is 3.08. The smallest absolute Gasteiger partial charge is 0.294 e. The largest absolute Gasteiger partial charge is 0.497 e. The second-order valence-corrected chi connectivity index (χ2v) is 9.06. The molecule has 0 bridgehead atoms. The lowest BCUT2D eigenvalue weighted by molar-refractivity contribution is -0.484. The maximum Gasteiger partial charge on any atom is 0.294 e. The molecule has 0 radical (unpaired) electrons. The first kappa shape index (κ1) is 22.8. The first-order chi connectivity index (χ1) is 15.9. The summed E-state index contributed by atoms with van der Waals surface area (Å²) in [7, 11) is 1.52. The number of carbonyl (C=O) groups excluding carboxylic acids is 2. The lowest BCUT2D eigenvalue weighted by Gasteiger charge is -2.33. The van der Waals surface area contributed by atoms with Crippen molar-refractivity contribution in [2.45, 2.75) is 10.7 Å². The van der Waals surface area contributed by atoms with Gasteiger partial charge in [0.2, 0.25) is 6.54 Å². The van der Waals surface area contributed by atoms with Gasteiger partial charge in [0.1, 0.15) is 10.5 Å². The zero-order chi connectivity index (χ0) is 23.6. The first-order valence-electron chi connectivity index (χ1n) is 10.0. The molecule has 0 saturated carbocycles. The number of halogens is 1. The van der Waals surface area contributed by atoms with E-state index >= 15 is 0 Å². The van der Waals surface area contributed by atoms with Crippen LogP contribution in [-0.4, -0.2) is 29.7 Å². The van der Waals surface area contributed by atoms with Gasteiger partial charge in [0.15, 0.2) is 0 Å². The molecule has 0 aromatic heterocycles. The molecular formula is C24H19ClN2O5S. The van der Waals surface area contributed by atoms with Crippen molar-refractivity contribution in [1.82, 2.24) is 0 Å². The Kier molecular flexibility index (Phi) is 6.40. The third-order valence-corrected chi connectivity index (χ3v) is 7.17. The van der Waals surface area contributed by atoms with Crippen LogP contribution in [-0.2, 0) is 9.54 Å². The van der Waals surface area contributed by atoms with Crippen LogP contribution in [0.5, 0.6) is 5.75 Å². The summed E-state index contributed by atoms with van der Waals surface area (Å²) < 4.78 is 3.62. The zero-order valence-corrected chi connectivity index (χ0v) is 19.1. The minimum Gasteiger partial charge on any atom is -0.497 e. The maximum absolute atomic E-state index is 14.1. The molecule has 0 N–H and O–H groups in total. The van der Waals surface area contributed by atoms with Gasteiger partial charge in [-0.3, -0.25) is 19.7 Å². The molecule has 0 spiro atoms. The van der Waals surface area contributed by atoms with Crippen LogP contribution in [0, 0.1) is 10.1 Å². The summed E-state index contributed by atoms with van der Waals surface area (Å²) in [6, 6.07) is 21.8. The fourth-order valence-corrected chi connectivity index (χ4v) is 5.60. The molecule has 0 aliphatic carbocycles. The molecule has 2 atom stereocenters. The number of nitro groups is 1. The molecule has 9 heteroatoms. The molecule has 2 amide bonds. The number of rotatable bonds is 7. The Hall–Kier alpha value is -3.36. The highest BCUT2D eigenvalue weighted by Gasteiger charge is 2.60. The van der Waals surface area contributed by atoms with Crippen molar-refractivity contribution in [2.24, 2.45) is 0 Å². The summed E-state index contributed by atoms with van der Waals surface area (Å²) in [5.41, 5.74) is 1.38. The second kappa shape index (κ2) is 9.25. The third kappa shape index (κ3) is 4.19. The standard InChI is InChI=1S/C24H19ClN2O5S/c1-32-20-12-10-19(11-13-20)27-22(28)24(33-23(27)29,17-7-3-2-4-8-17)21(15-26(30)31)16-6-5-9-18(25)14-16/h2-14,21H,15H2,1H3/t21-,24-/m1/s1. The van der Waals surface area contributed by atoms with Crippen LogP contribution in [0.4, 0.5) is 10.5 Å². The van der Waals surface area contributed by atoms with Gasteiger partial charge in [0, 0.05) is 9.95 Å². The van der Waals surface area contributed by atoms with Gasteiger partial charge in [0.25, 0.3) is 11.1 Å². The Balaban J connectivity index is 1.91. The number of ether oxygens (including phenoxy) is 1. The van der Waals surface area contributed by atoms with E-state index in [1.54, 1.807) is 78.9 Å². The summed E-state index contributed by atoms with van der Waals surface area (Å²) in [5.74, 6) is -0.913. The van der Waals surface area contributed by atoms with Crippen LogP contribution < -0.4 is 9.64 Å². The van der Waals surface area contributed by atoms with Crippen LogP contribution in [0.25, 0.3) is 0 Å². The van der Waals surface area contributed by atoms with Crippen molar-refractivity contribution in [2.75, 3.05) is 18.6 Å². The molecular weight excluding hydrogens is 464 g/mol. The topological polar surface area (TPSA) is 89.8 Å². The van der Waals surface area contributed by atoms with Crippen molar-refractivity contribution < 1.29 is 19.2 Å². The SMILES string of the molecule is COc1ccc(N2C(=O)S[C@](c3ccccc3)([C@H](C[N+](=O)[O-])c3cccc(Cl)c3)C2=O)cc1. The van der Waals surface area contributed by atoms with Crippen molar-refractivity contribution in [3.05, 3.63) is 105 Å². The van der Waals surface area contributed by atoms with Crippen molar-refractivity contribution in [3.63, 3.8) is 0 Å². The van der Waals surface area contributed by atoms with Gasteiger partial charge < -0.3 is 4.74 Å². The molecule has 33 heavy (non-hydrogen) atoms. The predicted octanol–water partition coefficient (Wildman–Crippen LogP) is 5.50. The summed E-state index contributed by atoms with van der Waals surface area (Å²) >= 11 is 6.99. The Morgan fingerprint density at radius 1 is 1.06 bits per heavy atom. The fraction of sp³-hybridized carbons (Fsp3) is 0.167.